The molecule has 0 spiro atoms. The number of para-hydroxylation sites is 1. The first kappa shape index (κ1) is 12.2. The molecule has 0 fully saturated rings. The molecule has 0 aliphatic rings. The fourth-order valence-corrected chi connectivity index (χ4v) is 3.01. The maximum Gasteiger partial charge on any atom is 0.145 e. The molecule has 0 aliphatic heterocycles. The van der Waals surface area contributed by atoms with Crippen molar-refractivity contribution >= 4 is 27.4 Å². The van der Waals surface area contributed by atoms with Crippen molar-refractivity contribution in [2.45, 2.75) is 26.2 Å². The third-order valence-electron chi connectivity index (χ3n) is 2.95. The maximum atomic E-state index is 5.67. The molecule has 1 aromatic carbocycles. The first-order valence-corrected chi connectivity index (χ1v) is 6.98. The second kappa shape index (κ2) is 4.06. The van der Waals surface area contributed by atoms with Crippen LogP contribution in [0.4, 0.5) is 5.82 Å². The molecule has 4 nitrogen and oxygen atoms in total. The van der Waals surface area contributed by atoms with Gasteiger partial charge in [-0.15, -0.1) is 11.3 Å². The smallest absolute Gasteiger partial charge is 0.145 e. The van der Waals surface area contributed by atoms with Gasteiger partial charge in [-0.05, 0) is 6.07 Å². The van der Waals surface area contributed by atoms with Gasteiger partial charge >= 0.3 is 0 Å². The Bertz CT molecular complexity index is 733. The summed E-state index contributed by atoms with van der Waals surface area (Å²) in [4.78, 5) is 4.80. The number of hydrogen-bond acceptors (Lipinski definition) is 4. The van der Waals surface area contributed by atoms with Crippen molar-refractivity contribution in [1.29, 1.82) is 0 Å². The number of aromatic amines is 1. The summed E-state index contributed by atoms with van der Waals surface area (Å²) < 4.78 is 1.19. The summed E-state index contributed by atoms with van der Waals surface area (Å²) >= 11 is 1.74. The first-order valence-electron chi connectivity index (χ1n) is 6.16. The fraction of sp³-hybridized carbons (Fsp3) is 0.286. The molecule has 3 rings (SSSR count). The average Bonchev–Trinajstić information content (AvgIpc) is 2.93. The number of thiazole rings is 1. The van der Waals surface area contributed by atoms with Crippen LogP contribution in [-0.2, 0) is 5.41 Å². The molecule has 3 N–H and O–H groups in total. The molecule has 5 heteroatoms. The van der Waals surface area contributed by atoms with Crippen molar-refractivity contribution in [1.82, 2.24) is 15.2 Å². The lowest BCUT2D eigenvalue weighted by Crippen LogP contribution is -2.09. The number of fused-ring (bicyclic) bond motifs is 1. The second-order valence-corrected chi connectivity index (χ2v) is 6.66. The molecule has 2 heterocycles. The second-order valence-electron chi connectivity index (χ2n) is 5.63. The van der Waals surface area contributed by atoms with E-state index in [2.05, 4.69) is 37.0 Å². The molecule has 98 valence electrons. The lowest BCUT2D eigenvalue weighted by atomic mass is 9.98. The predicted octanol–water partition coefficient (Wildman–Crippen LogP) is 3.57. The van der Waals surface area contributed by atoms with Gasteiger partial charge in [-0.2, -0.15) is 5.10 Å². The number of nitrogens with one attached hydrogen (secondary N) is 1. The van der Waals surface area contributed by atoms with Gasteiger partial charge < -0.3 is 5.73 Å². The van der Waals surface area contributed by atoms with Crippen molar-refractivity contribution in [2.75, 3.05) is 5.73 Å². The zero-order valence-electron chi connectivity index (χ0n) is 11.2. The lowest BCUT2D eigenvalue weighted by molar-refractivity contribution is 0.587. The molecule has 19 heavy (non-hydrogen) atoms. The van der Waals surface area contributed by atoms with Gasteiger partial charge in [0.15, 0.2) is 0 Å². The van der Waals surface area contributed by atoms with Crippen LogP contribution >= 0.6 is 11.3 Å². The number of benzene rings is 1. The van der Waals surface area contributed by atoms with Gasteiger partial charge in [0, 0.05) is 17.0 Å². The van der Waals surface area contributed by atoms with Crippen LogP contribution in [0.5, 0.6) is 0 Å². The van der Waals surface area contributed by atoms with Gasteiger partial charge in [0.1, 0.15) is 5.82 Å². The molecule has 0 saturated heterocycles. The van der Waals surface area contributed by atoms with E-state index in [1.807, 2.05) is 18.2 Å². The van der Waals surface area contributed by atoms with Gasteiger partial charge in [-0.3, -0.25) is 5.10 Å². The van der Waals surface area contributed by atoms with Crippen molar-refractivity contribution < 1.29 is 0 Å². The largest absolute Gasteiger partial charge is 0.382 e. The monoisotopic (exact) mass is 272 g/mol. The maximum absolute atomic E-state index is 5.67. The molecule has 3 aromatic rings. The van der Waals surface area contributed by atoms with Crippen molar-refractivity contribution in [3.05, 3.63) is 29.3 Å². The molecule has 0 unspecified atom stereocenters. The Kier molecular flexibility index (Phi) is 2.60. The number of H-pyrrole nitrogens is 1. The summed E-state index contributed by atoms with van der Waals surface area (Å²) in [5.41, 5.74) is 8.71. The van der Waals surface area contributed by atoms with Gasteiger partial charge in [-0.1, -0.05) is 32.9 Å². The van der Waals surface area contributed by atoms with Gasteiger partial charge in [-0.25, -0.2) is 4.98 Å². The highest BCUT2D eigenvalue weighted by atomic mass is 32.1. The number of aromatic nitrogens is 3. The topological polar surface area (TPSA) is 67.6 Å². The van der Waals surface area contributed by atoms with Crippen LogP contribution in [0, 0.1) is 0 Å². The zero-order valence-corrected chi connectivity index (χ0v) is 12.0. The van der Waals surface area contributed by atoms with Crippen LogP contribution in [0.3, 0.4) is 0 Å². The van der Waals surface area contributed by atoms with E-state index in [-0.39, 0.29) is 5.41 Å². The van der Waals surface area contributed by atoms with Crippen molar-refractivity contribution in [3.63, 3.8) is 0 Å². The molecule has 0 amide bonds. The van der Waals surface area contributed by atoms with Gasteiger partial charge in [0.2, 0.25) is 0 Å². The van der Waals surface area contributed by atoms with Gasteiger partial charge in [0.05, 0.1) is 20.9 Å². The van der Waals surface area contributed by atoms with Crippen LogP contribution < -0.4 is 5.73 Å². The normalized spacial score (nSPS) is 12.2. The molecule has 2 aromatic heterocycles. The predicted molar refractivity (Wildman–Crippen MR) is 80.3 cm³/mol. The quantitative estimate of drug-likeness (QED) is 0.711. The Labute approximate surface area is 115 Å². The SMILES string of the molecule is CC(C)(C)c1nc2c(-c3cc(N)n[nH]3)cccc2s1. The Morgan fingerprint density at radius 3 is 2.68 bits per heavy atom. The van der Waals surface area contributed by atoms with E-state index in [0.717, 1.165) is 21.8 Å². The molecule has 0 saturated carbocycles. The number of hydrogen-bond donors (Lipinski definition) is 2. The summed E-state index contributed by atoms with van der Waals surface area (Å²) in [6, 6.07) is 8.02. The minimum absolute atomic E-state index is 0.0635. The highest BCUT2D eigenvalue weighted by molar-refractivity contribution is 7.18. The summed E-state index contributed by atoms with van der Waals surface area (Å²) in [7, 11) is 0. The third kappa shape index (κ3) is 2.10. The van der Waals surface area contributed by atoms with E-state index in [1.54, 1.807) is 11.3 Å². The number of rotatable bonds is 1. The summed E-state index contributed by atoms with van der Waals surface area (Å²) in [5.74, 6) is 0.498. The zero-order chi connectivity index (χ0) is 13.6. The van der Waals surface area contributed by atoms with Crippen LogP contribution in [0.25, 0.3) is 21.5 Å². The minimum atomic E-state index is 0.0635. The Morgan fingerprint density at radius 1 is 1.26 bits per heavy atom. The van der Waals surface area contributed by atoms with E-state index < -0.39 is 0 Å². The van der Waals surface area contributed by atoms with Gasteiger partial charge in [0.25, 0.3) is 0 Å². The highest BCUT2D eigenvalue weighted by Gasteiger charge is 2.20. The Hall–Kier alpha value is -1.88. The van der Waals surface area contributed by atoms with Crippen LogP contribution in [0.15, 0.2) is 24.3 Å². The number of anilines is 1. The van der Waals surface area contributed by atoms with Crippen LogP contribution in [-0.4, -0.2) is 15.2 Å². The third-order valence-corrected chi connectivity index (χ3v) is 4.39. The van der Waals surface area contributed by atoms with E-state index in [1.165, 1.54) is 4.70 Å². The number of nitrogens with two attached hydrogens (primary N) is 1. The molecule has 0 aliphatic carbocycles. The first-order chi connectivity index (χ1) is 8.95. The lowest BCUT2D eigenvalue weighted by Gasteiger charge is -2.13. The summed E-state index contributed by atoms with van der Waals surface area (Å²) in [6.07, 6.45) is 0. The molecule has 0 radical (unpaired) electrons. The molecule has 0 bridgehead atoms. The van der Waals surface area contributed by atoms with E-state index in [4.69, 9.17) is 10.7 Å². The van der Waals surface area contributed by atoms with Crippen LogP contribution in [0.1, 0.15) is 25.8 Å². The molecule has 0 atom stereocenters. The standard InChI is InChI=1S/C14H16N4S/c1-14(2,3)13-16-12-8(5-4-6-10(12)19-13)9-7-11(15)18-17-9/h4-7H,1-3H3,(H3,15,17,18). The van der Waals surface area contributed by atoms with Crippen molar-refractivity contribution in [2.24, 2.45) is 0 Å². The Morgan fingerprint density at radius 2 is 2.05 bits per heavy atom. The Balaban J connectivity index is 2.23. The number of nitrogen functional groups attached to an aromatic ring is 1. The average molecular weight is 272 g/mol. The molecular formula is C14H16N4S. The summed E-state index contributed by atoms with van der Waals surface area (Å²) in [6.45, 7) is 6.54. The number of nitrogens with zero attached hydrogens (tertiary/aromatic N) is 2. The van der Waals surface area contributed by atoms with E-state index >= 15 is 0 Å². The minimum Gasteiger partial charge on any atom is -0.382 e. The summed E-state index contributed by atoms with van der Waals surface area (Å²) in [5, 5.41) is 8.08. The highest BCUT2D eigenvalue weighted by Crippen LogP contribution is 2.35. The fourth-order valence-electron chi connectivity index (χ4n) is 1.96. The van der Waals surface area contributed by atoms with E-state index in [9.17, 15) is 0 Å². The van der Waals surface area contributed by atoms with E-state index in [0.29, 0.717) is 5.82 Å². The van der Waals surface area contributed by atoms with Crippen molar-refractivity contribution in [3.8, 4) is 11.3 Å². The molecular weight excluding hydrogens is 256 g/mol. The van der Waals surface area contributed by atoms with Crippen LogP contribution in [0.2, 0.25) is 0 Å².